The molecule has 2 aliphatic heterocycles. The maximum absolute atomic E-state index is 13.9. The summed E-state index contributed by atoms with van der Waals surface area (Å²) in [6.07, 6.45) is 4.21. The van der Waals surface area contributed by atoms with Crippen molar-refractivity contribution in [2.75, 3.05) is 59.6 Å². The highest BCUT2D eigenvalue weighted by Crippen LogP contribution is 2.19. The van der Waals surface area contributed by atoms with E-state index in [9.17, 15) is 4.39 Å². The van der Waals surface area contributed by atoms with Crippen LogP contribution in [0, 0.1) is 5.82 Å². The van der Waals surface area contributed by atoms with Crippen LogP contribution in [0.15, 0.2) is 34.8 Å². The van der Waals surface area contributed by atoms with E-state index in [1.807, 2.05) is 6.07 Å². The van der Waals surface area contributed by atoms with Gasteiger partial charge in [0, 0.05) is 45.8 Å². The molecule has 0 amide bonds. The van der Waals surface area contributed by atoms with Gasteiger partial charge in [-0.25, -0.2) is 4.39 Å². The molecule has 29 heavy (non-hydrogen) atoms. The van der Waals surface area contributed by atoms with Crippen LogP contribution in [0.3, 0.4) is 0 Å². The van der Waals surface area contributed by atoms with Crippen LogP contribution in [-0.4, -0.2) is 75.4 Å². The Labute approximate surface area is 173 Å². The summed E-state index contributed by atoms with van der Waals surface area (Å²) in [7, 11) is 1.49. The summed E-state index contributed by atoms with van der Waals surface area (Å²) in [4.78, 5) is 9.52. The summed E-state index contributed by atoms with van der Waals surface area (Å²) in [5.74, 6) is 0.988. The van der Waals surface area contributed by atoms with E-state index < -0.39 is 0 Å². The third-order valence-corrected chi connectivity index (χ3v) is 5.38. The Balaban J connectivity index is 1.49. The summed E-state index contributed by atoms with van der Waals surface area (Å²) in [6.45, 7) is 9.78. The molecule has 0 spiro atoms. The summed E-state index contributed by atoms with van der Waals surface area (Å²) in [6, 6.07) is 5.21. The number of nitrogens with zero attached hydrogens (tertiary/aromatic N) is 3. The lowest BCUT2D eigenvalue weighted by molar-refractivity contribution is 0.153. The third kappa shape index (κ3) is 6.44. The number of piperazine rings is 1. The number of ether oxygens (including phenoxy) is 2. The number of hydrogen-bond donors (Lipinski definition) is 1. The van der Waals surface area contributed by atoms with E-state index in [1.165, 1.54) is 12.7 Å². The van der Waals surface area contributed by atoms with Gasteiger partial charge in [-0.2, -0.15) is 0 Å². The predicted molar refractivity (Wildman–Crippen MR) is 114 cm³/mol. The number of hydrogen-bond acceptors (Lipinski definition) is 4. The van der Waals surface area contributed by atoms with Gasteiger partial charge in [0.15, 0.2) is 17.5 Å². The van der Waals surface area contributed by atoms with Gasteiger partial charge in [-0.15, -0.1) is 0 Å². The Morgan fingerprint density at radius 1 is 1.28 bits per heavy atom. The Morgan fingerprint density at radius 2 is 2.10 bits per heavy atom. The second kappa shape index (κ2) is 11.2. The molecule has 0 saturated carbocycles. The Bertz CT molecular complexity index is 715. The van der Waals surface area contributed by atoms with Crippen LogP contribution in [0.1, 0.15) is 25.3 Å². The molecule has 0 aliphatic carbocycles. The first kappa shape index (κ1) is 21.6. The molecule has 1 saturated heterocycles. The van der Waals surface area contributed by atoms with Gasteiger partial charge in [-0.1, -0.05) is 17.7 Å². The molecule has 6 nitrogen and oxygen atoms in total. The maximum atomic E-state index is 13.9. The lowest BCUT2D eigenvalue weighted by atomic mass is 10.1. The Kier molecular flexibility index (Phi) is 8.31. The fraction of sp³-hybridized carbons (Fsp3) is 0.591. The van der Waals surface area contributed by atoms with E-state index in [-0.39, 0.29) is 5.82 Å². The van der Waals surface area contributed by atoms with Crippen molar-refractivity contribution < 1.29 is 13.9 Å². The molecule has 160 valence electrons. The molecule has 2 heterocycles. The molecule has 2 aliphatic rings. The van der Waals surface area contributed by atoms with Crippen LogP contribution >= 0.6 is 0 Å². The largest absolute Gasteiger partial charge is 0.494 e. The molecule has 0 radical (unpaired) electrons. The minimum absolute atomic E-state index is 0.293. The quantitative estimate of drug-likeness (QED) is 0.430. The Morgan fingerprint density at radius 3 is 2.76 bits per heavy atom. The summed E-state index contributed by atoms with van der Waals surface area (Å²) < 4.78 is 24.3. The van der Waals surface area contributed by atoms with E-state index in [0.29, 0.717) is 5.75 Å². The molecule has 0 bridgehead atoms. The summed E-state index contributed by atoms with van der Waals surface area (Å²) in [5.41, 5.74) is 2.43. The van der Waals surface area contributed by atoms with Crippen LogP contribution in [0.25, 0.3) is 0 Å². The zero-order valence-electron chi connectivity index (χ0n) is 17.6. The van der Waals surface area contributed by atoms with Gasteiger partial charge < -0.3 is 19.7 Å². The zero-order valence-corrected chi connectivity index (χ0v) is 17.6. The minimum Gasteiger partial charge on any atom is -0.494 e. The standard InChI is InChI=1S/C22H33FN4O2/c1-3-24-22(25-9-6-18-7-14-29-15-8-18)27-12-10-26(11-13-27)17-19-4-5-21(28-2)20(23)16-19/h4-5,7,16H,3,6,8-15,17H2,1-2H3,(H,24,25). The predicted octanol–water partition coefficient (Wildman–Crippen LogP) is 2.65. The molecular weight excluding hydrogens is 371 g/mol. The number of rotatable bonds is 7. The van der Waals surface area contributed by atoms with Crippen molar-refractivity contribution in [3.8, 4) is 5.75 Å². The van der Waals surface area contributed by atoms with Gasteiger partial charge in [-0.05, 0) is 37.5 Å². The molecule has 3 rings (SSSR count). The molecule has 7 heteroatoms. The summed E-state index contributed by atoms with van der Waals surface area (Å²) >= 11 is 0. The van der Waals surface area contributed by atoms with Crippen molar-refractivity contribution in [1.82, 2.24) is 15.1 Å². The second-order valence-electron chi connectivity index (χ2n) is 7.41. The molecule has 1 N–H and O–H groups in total. The van der Waals surface area contributed by atoms with Crippen molar-refractivity contribution in [3.63, 3.8) is 0 Å². The zero-order chi connectivity index (χ0) is 20.5. The van der Waals surface area contributed by atoms with E-state index in [1.54, 1.807) is 12.1 Å². The van der Waals surface area contributed by atoms with Gasteiger partial charge in [0.1, 0.15) is 0 Å². The highest BCUT2D eigenvalue weighted by Gasteiger charge is 2.20. The molecule has 1 fully saturated rings. The first-order valence-corrected chi connectivity index (χ1v) is 10.5. The minimum atomic E-state index is -0.301. The van der Waals surface area contributed by atoms with Gasteiger partial charge in [0.25, 0.3) is 0 Å². The lowest BCUT2D eigenvalue weighted by Crippen LogP contribution is -2.52. The van der Waals surface area contributed by atoms with Gasteiger partial charge in [-0.3, -0.25) is 9.89 Å². The SMILES string of the molecule is CCNC(=NCCC1=CCOCC1)N1CCN(Cc2ccc(OC)c(F)c2)CC1. The highest BCUT2D eigenvalue weighted by atomic mass is 19.1. The van der Waals surface area contributed by atoms with Crippen molar-refractivity contribution in [2.24, 2.45) is 4.99 Å². The van der Waals surface area contributed by atoms with Crippen molar-refractivity contribution in [2.45, 2.75) is 26.3 Å². The average Bonchev–Trinajstić information content (AvgIpc) is 2.75. The van der Waals surface area contributed by atoms with Gasteiger partial charge >= 0.3 is 0 Å². The fourth-order valence-electron chi connectivity index (χ4n) is 3.71. The average molecular weight is 405 g/mol. The smallest absolute Gasteiger partial charge is 0.194 e. The normalized spacial score (nSPS) is 18.5. The number of benzene rings is 1. The van der Waals surface area contributed by atoms with Crippen molar-refractivity contribution in [1.29, 1.82) is 0 Å². The van der Waals surface area contributed by atoms with Gasteiger partial charge in [0.2, 0.25) is 0 Å². The van der Waals surface area contributed by atoms with Gasteiger partial charge in [0.05, 0.1) is 20.3 Å². The molecule has 0 unspecified atom stereocenters. The van der Waals surface area contributed by atoms with E-state index in [0.717, 1.165) is 83.4 Å². The molecule has 1 aromatic rings. The monoisotopic (exact) mass is 404 g/mol. The van der Waals surface area contributed by atoms with Crippen LogP contribution < -0.4 is 10.1 Å². The van der Waals surface area contributed by atoms with Crippen LogP contribution in [0.5, 0.6) is 5.75 Å². The third-order valence-electron chi connectivity index (χ3n) is 5.38. The van der Waals surface area contributed by atoms with E-state index in [4.69, 9.17) is 14.5 Å². The first-order valence-electron chi connectivity index (χ1n) is 10.5. The first-order chi connectivity index (χ1) is 14.2. The maximum Gasteiger partial charge on any atom is 0.194 e. The highest BCUT2D eigenvalue weighted by molar-refractivity contribution is 5.80. The van der Waals surface area contributed by atoms with E-state index >= 15 is 0 Å². The molecule has 0 aromatic heterocycles. The second-order valence-corrected chi connectivity index (χ2v) is 7.41. The number of halogens is 1. The van der Waals surface area contributed by atoms with Crippen molar-refractivity contribution in [3.05, 3.63) is 41.2 Å². The molecule has 0 atom stereocenters. The van der Waals surface area contributed by atoms with Crippen LogP contribution in [-0.2, 0) is 11.3 Å². The number of guanidine groups is 1. The van der Waals surface area contributed by atoms with Crippen LogP contribution in [0.2, 0.25) is 0 Å². The Hall–Kier alpha value is -2.12. The number of nitrogens with one attached hydrogen (secondary N) is 1. The van der Waals surface area contributed by atoms with E-state index in [2.05, 4.69) is 28.1 Å². The fourth-order valence-corrected chi connectivity index (χ4v) is 3.71. The number of aliphatic imine (C=N–C) groups is 1. The lowest BCUT2D eigenvalue weighted by Gasteiger charge is -2.36. The molecular formula is C22H33FN4O2. The van der Waals surface area contributed by atoms with Crippen molar-refractivity contribution >= 4 is 5.96 Å². The topological polar surface area (TPSA) is 49.3 Å². The summed E-state index contributed by atoms with van der Waals surface area (Å²) in [5, 5.41) is 3.42. The van der Waals surface area contributed by atoms with Crippen LogP contribution in [0.4, 0.5) is 4.39 Å². The molecule has 1 aromatic carbocycles. The number of methoxy groups -OCH3 is 1.